The van der Waals surface area contributed by atoms with Crippen LogP contribution in [0.25, 0.3) is 0 Å². The van der Waals surface area contributed by atoms with Gasteiger partial charge >= 0.3 is 0 Å². The number of anilines is 1. The van der Waals surface area contributed by atoms with Crippen LogP contribution in [0, 0.1) is 0 Å². The molecule has 0 fully saturated rings. The molecule has 1 unspecified atom stereocenters. The van der Waals surface area contributed by atoms with E-state index in [0.717, 1.165) is 0 Å². The van der Waals surface area contributed by atoms with Crippen molar-refractivity contribution in [2.75, 3.05) is 5.32 Å². The van der Waals surface area contributed by atoms with Crippen LogP contribution in [0.5, 0.6) is 0 Å². The third-order valence-corrected chi connectivity index (χ3v) is 3.16. The molecule has 2 amide bonds. The Morgan fingerprint density at radius 2 is 2.12 bits per heavy atom. The molecule has 1 atom stereocenters. The zero-order valence-corrected chi connectivity index (χ0v) is 11.1. The van der Waals surface area contributed by atoms with Gasteiger partial charge in [0.15, 0.2) is 0 Å². The van der Waals surface area contributed by atoms with Crippen molar-refractivity contribution >= 4 is 45.0 Å². The van der Waals surface area contributed by atoms with E-state index in [9.17, 15) is 9.59 Å². The van der Waals surface area contributed by atoms with Gasteiger partial charge in [-0.2, -0.15) is 0 Å². The van der Waals surface area contributed by atoms with Gasteiger partial charge < -0.3 is 16.8 Å². The Bertz CT molecular complexity index is 453. The van der Waals surface area contributed by atoms with E-state index in [1.807, 2.05) is 0 Å². The van der Waals surface area contributed by atoms with Gasteiger partial charge in [0.05, 0.1) is 17.5 Å². The lowest BCUT2D eigenvalue weighted by atomic mass is 10.2. The van der Waals surface area contributed by atoms with Crippen LogP contribution in [0.1, 0.15) is 6.42 Å². The number of carbonyl (C=O) groups excluding carboxylic acids is 2. The van der Waals surface area contributed by atoms with E-state index in [1.165, 1.54) is 0 Å². The van der Waals surface area contributed by atoms with E-state index in [2.05, 4.69) is 21.2 Å². The predicted molar refractivity (Wildman–Crippen MR) is 69.6 cm³/mol. The summed E-state index contributed by atoms with van der Waals surface area (Å²) < 4.78 is 0.653. The monoisotopic (exact) mass is 319 g/mol. The van der Waals surface area contributed by atoms with Crippen LogP contribution in [-0.4, -0.2) is 17.9 Å². The normalized spacial score (nSPS) is 11.9. The number of halogens is 2. The van der Waals surface area contributed by atoms with Crippen LogP contribution in [0.15, 0.2) is 22.7 Å². The largest absolute Gasteiger partial charge is 0.370 e. The molecule has 7 heteroatoms. The molecule has 0 bridgehead atoms. The summed E-state index contributed by atoms with van der Waals surface area (Å²) in [4.78, 5) is 22.2. The minimum absolute atomic E-state index is 0.194. The number of nitrogens with two attached hydrogens (primary N) is 2. The van der Waals surface area contributed by atoms with Gasteiger partial charge in [0.2, 0.25) is 11.8 Å². The van der Waals surface area contributed by atoms with Crippen molar-refractivity contribution in [1.29, 1.82) is 0 Å². The molecule has 0 aliphatic carbocycles. The van der Waals surface area contributed by atoms with Crippen LogP contribution in [0.3, 0.4) is 0 Å². The Balaban J connectivity index is 2.67. The Kier molecular flexibility index (Phi) is 4.92. The van der Waals surface area contributed by atoms with Crippen molar-refractivity contribution in [3.05, 3.63) is 27.7 Å². The third-order valence-electron chi connectivity index (χ3n) is 1.95. The van der Waals surface area contributed by atoms with E-state index in [-0.39, 0.29) is 6.42 Å². The molecular formula is C10H11BrClN3O2. The molecule has 5 N–H and O–H groups in total. The van der Waals surface area contributed by atoms with Gasteiger partial charge in [-0.1, -0.05) is 11.6 Å². The van der Waals surface area contributed by atoms with Crippen LogP contribution >= 0.6 is 27.5 Å². The van der Waals surface area contributed by atoms with Crippen molar-refractivity contribution in [3.63, 3.8) is 0 Å². The molecule has 1 aromatic carbocycles. The van der Waals surface area contributed by atoms with Crippen molar-refractivity contribution in [2.45, 2.75) is 12.5 Å². The third kappa shape index (κ3) is 4.33. The van der Waals surface area contributed by atoms with Gasteiger partial charge in [-0.25, -0.2) is 0 Å². The molecule has 0 saturated carbocycles. The average molecular weight is 321 g/mol. The number of primary amides is 1. The van der Waals surface area contributed by atoms with Crippen LogP contribution < -0.4 is 16.8 Å². The predicted octanol–water partition coefficient (Wildman–Crippen LogP) is 1.24. The van der Waals surface area contributed by atoms with Gasteiger partial charge in [-0.15, -0.1) is 0 Å². The van der Waals surface area contributed by atoms with Crippen LogP contribution in [0.2, 0.25) is 5.02 Å². The fourth-order valence-corrected chi connectivity index (χ4v) is 1.61. The SMILES string of the molecule is NC(=O)CC(N)C(=O)Nc1ccc(Cl)c(Br)c1. The molecule has 0 aromatic heterocycles. The highest BCUT2D eigenvalue weighted by molar-refractivity contribution is 9.10. The molecular weight excluding hydrogens is 309 g/mol. The number of carbonyl (C=O) groups is 2. The molecule has 0 heterocycles. The zero-order chi connectivity index (χ0) is 13.0. The van der Waals surface area contributed by atoms with E-state index < -0.39 is 17.9 Å². The van der Waals surface area contributed by atoms with Gasteiger partial charge in [0.1, 0.15) is 0 Å². The summed E-state index contributed by atoms with van der Waals surface area (Å²) in [5.74, 6) is -1.09. The summed E-state index contributed by atoms with van der Waals surface area (Å²) in [5, 5.41) is 3.09. The maximum atomic E-state index is 11.6. The summed E-state index contributed by atoms with van der Waals surface area (Å²) in [6, 6.07) is 3.93. The van der Waals surface area contributed by atoms with E-state index in [1.54, 1.807) is 18.2 Å². The first-order valence-corrected chi connectivity index (χ1v) is 5.87. The van der Waals surface area contributed by atoms with E-state index >= 15 is 0 Å². The zero-order valence-electron chi connectivity index (χ0n) is 8.74. The molecule has 1 rings (SSSR count). The molecule has 0 radical (unpaired) electrons. The molecule has 0 aliphatic rings. The summed E-state index contributed by atoms with van der Waals surface area (Å²) in [5.41, 5.74) is 11.0. The molecule has 17 heavy (non-hydrogen) atoms. The smallest absolute Gasteiger partial charge is 0.241 e. The maximum Gasteiger partial charge on any atom is 0.241 e. The molecule has 5 nitrogen and oxygen atoms in total. The number of hydrogen-bond acceptors (Lipinski definition) is 3. The fourth-order valence-electron chi connectivity index (χ4n) is 1.12. The fraction of sp³-hybridized carbons (Fsp3) is 0.200. The quantitative estimate of drug-likeness (QED) is 0.778. The number of benzene rings is 1. The lowest BCUT2D eigenvalue weighted by Gasteiger charge is -2.11. The Morgan fingerprint density at radius 3 is 2.65 bits per heavy atom. The van der Waals surface area contributed by atoms with Gasteiger partial charge in [0.25, 0.3) is 0 Å². The molecule has 0 saturated heterocycles. The number of amides is 2. The number of rotatable bonds is 4. The van der Waals surface area contributed by atoms with Crippen molar-refractivity contribution in [2.24, 2.45) is 11.5 Å². The van der Waals surface area contributed by atoms with Crippen molar-refractivity contribution < 1.29 is 9.59 Å². The molecule has 92 valence electrons. The maximum absolute atomic E-state index is 11.6. The Labute approximate surface area is 112 Å². The lowest BCUT2D eigenvalue weighted by Crippen LogP contribution is -2.38. The minimum Gasteiger partial charge on any atom is -0.370 e. The second-order valence-corrected chi connectivity index (χ2v) is 4.66. The highest BCUT2D eigenvalue weighted by Gasteiger charge is 2.16. The summed E-state index contributed by atoms with van der Waals surface area (Å²) in [7, 11) is 0. The first-order chi connectivity index (χ1) is 7.90. The molecule has 0 aliphatic heterocycles. The van der Waals surface area contributed by atoms with Crippen molar-refractivity contribution in [3.8, 4) is 0 Å². The minimum atomic E-state index is -0.957. The first-order valence-electron chi connectivity index (χ1n) is 4.70. The number of hydrogen-bond donors (Lipinski definition) is 3. The highest BCUT2D eigenvalue weighted by atomic mass is 79.9. The second kappa shape index (κ2) is 6.00. The Morgan fingerprint density at radius 1 is 1.47 bits per heavy atom. The van der Waals surface area contributed by atoms with Crippen LogP contribution in [-0.2, 0) is 9.59 Å². The number of nitrogens with one attached hydrogen (secondary N) is 1. The summed E-state index contributed by atoms with van der Waals surface area (Å²) in [6.07, 6.45) is -0.194. The molecule has 0 spiro atoms. The van der Waals surface area contributed by atoms with Gasteiger partial charge in [-0.3, -0.25) is 9.59 Å². The average Bonchev–Trinajstić information content (AvgIpc) is 2.22. The highest BCUT2D eigenvalue weighted by Crippen LogP contribution is 2.25. The van der Waals surface area contributed by atoms with Crippen LogP contribution in [0.4, 0.5) is 5.69 Å². The Hall–Kier alpha value is -1.11. The van der Waals surface area contributed by atoms with Gasteiger partial charge in [0, 0.05) is 10.2 Å². The second-order valence-electron chi connectivity index (χ2n) is 3.40. The van der Waals surface area contributed by atoms with Gasteiger partial charge in [-0.05, 0) is 34.1 Å². The summed E-state index contributed by atoms with van der Waals surface area (Å²) >= 11 is 9.03. The molecule has 1 aromatic rings. The topological polar surface area (TPSA) is 98.2 Å². The summed E-state index contributed by atoms with van der Waals surface area (Å²) in [6.45, 7) is 0. The van der Waals surface area contributed by atoms with E-state index in [4.69, 9.17) is 23.1 Å². The van der Waals surface area contributed by atoms with E-state index in [0.29, 0.717) is 15.2 Å². The first kappa shape index (κ1) is 14.0. The standard InChI is InChI=1S/C10H11BrClN3O2/c11-6-3-5(1-2-7(6)12)15-10(17)8(13)4-9(14)16/h1-3,8H,4,13H2,(H2,14,16)(H,15,17). The van der Waals surface area contributed by atoms with Crippen molar-refractivity contribution in [1.82, 2.24) is 0 Å². The lowest BCUT2D eigenvalue weighted by molar-refractivity contribution is -0.123.